The number of benzene rings is 1. The molecule has 0 bridgehead atoms. The molecule has 0 saturated heterocycles. The molecular formula is C17H24FNS. The van der Waals surface area contributed by atoms with Crippen LogP contribution in [0.25, 0.3) is 0 Å². The molecule has 2 aliphatic rings. The van der Waals surface area contributed by atoms with Crippen molar-refractivity contribution in [1.29, 1.82) is 0 Å². The average molecular weight is 293 g/mol. The number of halogens is 1. The Kier molecular flexibility index (Phi) is 4.67. The predicted molar refractivity (Wildman–Crippen MR) is 83.7 cm³/mol. The Morgan fingerprint density at radius 3 is 2.75 bits per heavy atom. The van der Waals surface area contributed by atoms with Crippen molar-refractivity contribution in [2.75, 3.05) is 5.75 Å². The van der Waals surface area contributed by atoms with E-state index in [-0.39, 0.29) is 5.82 Å². The number of hydrogen-bond acceptors (Lipinski definition) is 2. The molecule has 110 valence electrons. The highest BCUT2D eigenvalue weighted by Crippen LogP contribution is 2.38. The van der Waals surface area contributed by atoms with Gasteiger partial charge in [-0.05, 0) is 67.5 Å². The van der Waals surface area contributed by atoms with Crippen molar-refractivity contribution < 1.29 is 4.39 Å². The maximum absolute atomic E-state index is 13.5. The molecule has 1 heterocycles. The third-order valence-electron chi connectivity index (χ3n) is 4.87. The van der Waals surface area contributed by atoms with Crippen LogP contribution in [0.2, 0.25) is 0 Å². The molecule has 20 heavy (non-hydrogen) atoms. The summed E-state index contributed by atoms with van der Waals surface area (Å²) in [5.41, 5.74) is 1.18. The zero-order valence-corrected chi connectivity index (χ0v) is 13.0. The van der Waals surface area contributed by atoms with Gasteiger partial charge in [0, 0.05) is 17.0 Å². The third kappa shape index (κ3) is 3.20. The Morgan fingerprint density at radius 2 is 2.00 bits per heavy atom. The van der Waals surface area contributed by atoms with E-state index >= 15 is 0 Å². The minimum absolute atomic E-state index is 0.104. The zero-order valence-electron chi connectivity index (χ0n) is 12.2. The number of fused-ring (bicyclic) bond motifs is 1. The first-order valence-electron chi connectivity index (χ1n) is 7.94. The first-order valence-corrected chi connectivity index (χ1v) is 8.93. The normalized spacial score (nSPS) is 30.0. The lowest BCUT2D eigenvalue weighted by molar-refractivity contribution is 0.266. The van der Waals surface area contributed by atoms with Gasteiger partial charge in [-0.3, -0.25) is 0 Å². The fourth-order valence-corrected chi connectivity index (χ4v) is 4.67. The molecule has 0 aromatic heterocycles. The predicted octanol–water partition coefficient (Wildman–Crippen LogP) is 4.92. The van der Waals surface area contributed by atoms with E-state index in [1.807, 2.05) is 17.8 Å². The largest absolute Gasteiger partial charge is 0.307 e. The average Bonchev–Trinajstić information content (AvgIpc) is 2.49. The second-order valence-electron chi connectivity index (χ2n) is 6.16. The van der Waals surface area contributed by atoms with Crippen molar-refractivity contribution in [3.8, 4) is 0 Å². The fourth-order valence-electron chi connectivity index (χ4n) is 3.56. The molecule has 1 aliphatic carbocycles. The molecule has 1 aromatic carbocycles. The van der Waals surface area contributed by atoms with Crippen LogP contribution in [0.15, 0.2) is 23.1 Å². The number of rotatable bonds is 3. The van der Waals surface area contributed by atoms with E-state index in [9.17, 15) is 4.39 Å². The molecule has 0 radical (unpaired) electrons. The molecule has 0 spiro atoms. The van der Waals surface area contributed by atoms with Crippen LogP contribution in [0.5, 0.6) is 0 Å². The summed E-state index contributed by atoms with van der Waals surface area (Å²) in [4.78, 5) is 1.26. The Balaban J connectivity index is 1.66. The molecule has 1 atom stereocenters. The van der Waals surface area contributed by atoms with Gasteiger partial charge in [0.25, 0.3) is 0 Å². The van der Waals surface area contributed by atoms with Crippen LogP contribution in [-0.2, 0) is 0 Å². The maximum atomic E-state index is 13.5. The SMILES string of the molecule is CCC1CCC(NC2CCSc3ccc(F)cc32)CC1. The fraction of sp³-hybridized carbons (Fsp3) is 0.647. The molecule has 1 saturated carbocycles. The molecule has 0 amide bonds. The summed E-state index contributed by atoms with van der Waals surface area (Å²) in [5.74, 6) is 1.97. The quantitative estimate of drug-likeness (QED) is 0.849. The summed E-state index contributed by atoms with van der Waals surface area (Å²) in [6.07, 6.45) is 7.71. The summed E-state index contributed by atoms with van der Waals surface area (Å²) in [6.45, 7) is 2.30. The van der Waals surface area contributed by atoms with E-state index in [2.05, 4.69) is 12.2 Å². The summed E-state index contributed by atoms with van der Waals surface area (Å²) in [5, 5.41) is 3.81. The monoisotopic (exact) mass is 293 g/mol. The lowest BCUT2D eigenvalue weighted by atomic mass is 9.84. The summed E-state index contributed by atoms with van der Waals surface area (Å²) in [7, 11) is 0. The smallest absolute Gasteiger partial charge is 0.123 e. The lowest BCUT2D eigenvalue weighted by Crippen LogP contribution is -2.37. The first-order chi connectivity index (χ1) is 9.76. The van der Waals surface area contributed by atoms with E-state index in [4.69, 9.17) is 0 Å². The van der Waals surface area contributed by atoms with Gasteiger partial charge in [-0.25, -0.2) is 4.39 Å². The van der Waals surface area contributed by atoms with Gasteiger partial charge in [0.1, 0.15) is 5.82 Å². The van der Waals surface area contributed by atoms with Crippen LogP contribution in [0.3, 0.4) is 0 Å². The maximum Gasteiger partial charge on any atom is 0.123 e. The van der Waals surface area contributed by atoms with Crippen molar-refractivity contribution in [2.24, 2.45) is 5.92 Å². The van der Waals surface area contributed by atoms with Crippen LogP contribution < -0.4 is 5.32 Å². The molecular weight excluding hydrogens is 269 g/mol. The molecule has 1 aromatic rings. The van der Waals surface area contributed by atoms with Crippen LogP contribution in [0.1, 0.15) is 57.1 Å². The first kappa shape index (κ1) is 14.4. The van der Waals surface area contributed by atoms with Gasteiger partial charge < -0.3 is 5.32 Å². The van der Waals surface area contributed by atoms with Crippen LogP contribution in [0, 0.1) is 11.7 Å². The van der Waals surface area contributed by atoms with E-state index in [1.165, 1.54) is 42.6 Å². The standard InChI is InChI=1S/C17H24FNS/c1-2-12-3-6-14(7-4-12)19-16-9-10-20-17-8-5-13(18)11-15(16)17/h5,8,11-12,14,16,19H,2-4,6-7,9-10H2,1H3. The van der Waals surface area contributed by atoms with Crippen LogP contribution in [0.4, 0.5) is 4.39 Å². The van der Waals surface area contributed by atoms with E-state index in [0.717, 1.165) is 18.1 Å². The Hall–Kier alpha value is -0.540. The highest BCUT2D eigenvalue weighted by atomic mass is 32.2. The highest BCUT2D eigenvalue weighted by molar-refractivity contribution is 7.99. The molecule has 1 unspecified atom stereocenters. The Bertz CT molecular complexity index is 454. The van der Waals surface area contributed by atoms with Crippen molar-refractivity contribution in [3.05, 3.63) is 29.6 Å². The van der Waals surface area contributed by atoms with Crippen molar-refractivity contribution in [2.45, 2.75) is 62.4 Å². The van der Waals surface area contributed by atoms with Gasteiger partial charge in [0.05, 0.1) is 0 Å². The van der Waals surface area contributed by atoms with Crippen LogP contribution >= 0.6 is 11.8 Å². The summed E-state index contributed by atoms with van der Waals surface area (Å²) < 4.78 is 13.5. The van der Waals surface area contributed by atoms with E-state index < -0.39 is 0 Å². The van der Waals surface area contributed by atoms with Gasteiger partial charge in [0.2, 0.25) is 0 Å². The van der Waals surface area contributed by atoms with Crippen LogP contribution in [-0.4, -0.2) is 11.8 Å². The van der Waals surface area contributed by atoms with Crippen molar-refractivity contribution in [3.63, 3.8) is 0 Å². The molecule has 1 nitrogen and oxygen atoms in total. The topological polar surface area (TPSA) is 12.0 Å². The number of thioether (sulfide) groups is 1. The number of hydrogen-bond donors (Lipinski definition) is 1. The summed E-state index contributed by atoms with van der Waals surface area (Å²) >= 11 is 1.86. The number of nitrogens with one attached hydrogen (secondary N) is 1. The third-order valence-corrected chi connectivity index (χ3v) is 5.99. The van der Waals surface area contributed by atoms with Gasteiger partial charge in [-0.1, -0.05) is 13.3 Å². The molecule has 1 N–H and O–H groups in total. The molecule has 1 fully saturated rings. The van der Waals surface area contributed by atoms with Gasteiger partial charge in [-0.15, -0.1) is 11.8 Å². The summed E-state index contributed by atoms with van der Waals surface area (Å²) in [6, 6.07) is 6.24. The second-order valence-corrected chi connectivity index (χ2v) is 7.30. The van der Waals surface area contributed by atoms with Gasteiger partial charge >= 0.3 is 0 Å². The molecule has 3 rings (SSSR count). The minimum Gasteiger partial charge on any atom is -0.307 e. The van der Waals surface area contributed by atoms with E-state index in [1.54, 1.807) is 12.1 Å². The Labute approximate surface area is 125 Å². The van der Waals surface area contributed by atoms with Gasteiger partial charge in [0.15, 0.2) is 0 Å². The van der Waals surface area contributed by atoms with E-state index in [0.29, 0.717) is 12.1 Å². The Morgan fingerprint density at radius 1 is 1.20 bits per heavy atom. The lowest BCUT2D eigenvalue weighted by Gasteiger charge is -2.34. The van der Waals surface area contributed by atoms with Gasteiger partial charge in [-0.2, -0.15) is 0 Å². The minimum atomic E-state index is -0.104. The van der Waals surface area contributed by atoms with Crippen molar-refractivity contribution in [1.82, 2.24) is 5.32 Å². The molecule has 3 heteroatoms. The highest BCUT2D eigenvalue weighted by Gasteiger charge is 2.26. The van der Waals surface area contributed by atoms with Crippen molar-refractivity contribution >= 4 is 11.8 Å². The zero-order chi connectivity index (χ0) is 13.9. The second kappa shape index (κ2) is 6.48. The molecule has 1 aliphatic heterocycles.